The predicted molar refractivity (Wildman–Crippen MR) is 80.7 cm³/mol. The summed E-state index contributed by atoms with van der Waals surface area (Å²) in [5.41, 5.74) is 1.61. The summed E-state index contributed by atoms with van der Waals surface area (Å²) in [5, 5.41) is 2.75. The Morgan fingerprint density at radius 3 is 2.65 bits per heavy atom. The minimum Gasteiger partial charge on any atom is -0.344 e. The quantitative estimate of drug-likeness (QED) is 0.867. The largest absolute Gasteiger partial charge is 0.344 e. The van der Waals surface area contributed by atoms with Crippen molar-refractivity contribution in [3.8, 4) is 0 Å². The number of benzene rings is 1. The third kappa shape index (κ3) is 4.68. The number of amides is 2. The Kier molecular flexibility index (Phi) is 6.22. The number of nitrogens with one attached hydrogen (secondary N) is 1. The van der Waals surface area contributed by atoms with Gasteiger partial charge in [-0.1, -0.05) is 31.0 Å². The summed E-state index contributed by atoms with van der Waals surface area (Å²) in [4.78, 5) is 25.8. The maximum atomic E-state index is 12.1. The van der Waals surface area contributed by atoms with Crippen LogP contribution in [-0.4, -0.2) is 36.3 Å². The summed E-state index contributed by atoms with van der Waals surface area (Å²) in [5.74, 6) is -0.266. The van der Waals surface area contributed by atoms with Gasteiger partial charge >= 0.3 is 0 Å². The predicted octanol–water partition coefficient (Wildman–Crippen LogP) is 2.37. The van der Waals surface area contributed by atoms with Crippen molar-refractivity contribution >= 4 is 11.8 Å². The summed E-state index contributed by atoms with van der Waals surface area (Å²) in [6, 6.07) is 6.83. The molecule has 1 rings (SSSR count). The van der Waals surface area contributed by atoms with E-state index in [1.54, 1.807) is 24.9 Å². The fraction of sp³-hybridized carbons (Fsp3) is 0.500. The molecule has 4 heteroatoms. The molecular weight excluding hydrogens is 252 g/mol. The standard InChI is InChI=1S/C16H24N2O2/c1-5-6-10-18(4)16(20)13(3)17-15(19)14-9-7-8-12(2)11-14/h7-9,11,13H,5-6,10H2,1-4H3,(H,17,19). The van der Waals surface area contributed by atoms with E-state index in [-0.39, 0.29) is 11.8 Å². The molecule has 1 aromatic carbocycles. The number of hydrogen-bond donors (Lipinski definition) is 1. The smallest absolute Gasteiger partial charge is 0.251 e. The first-order chi connectivity index (χ1) is 9.45. The average Bonchev–Trinajstić information content (AvgIpc) is 2.43. The molecule has 0 aliphatic carbocycles. The van der Waals surface area contributed by atoms with Gasteiger partial charge in [0, 0.05) is 19.2 Å². The molecule has 0 fully saturated rings. The van der Waals surface area contributed by atoms with Crippen molar-refractivity contribution in [1.82, 2.24) is 10.2 Å². The molecule has 0 heterocycles. The second-order valence-electron chi connectivity index (χ2n) is 5.18. The Hall–Kier alpha value is -1.84. The highest BCUT2D eigenvalue weighted by atomic mass is 16.2. The van der Waals surface area contributed by atoms with Crippen molar-refractivity contribution in [1.29, 1.82) is 0 Å². The maximum Gasteiger partial charge on any atom is 0.251 e. The van der Waals surface area contributed by atoms with Gasteiger partial charge in [-0.05, 0) is 32.4 Å². The number of rotatable bonds is 6. The zero-order chi connectivity index (χ0) is 15.1. The number of unbranched alkanes of at least 4 members (excludes halogenated alkanes) is 1. The van der Waals surface area contributed by atoms with E-state index in [0.29, 0.717) is 5.56 Å². The van der Waals surface area contributed by atoms with Crippen molar-refractivity contribution in [2.24, 2.45) is 0 Å². The SMILES string of the molecule is CCCCN(C)C(=O)C(C)NC(=O)c1cccc(C)c1. The molecule has 0 spiro atoms. The molecule has 4 nitrogen and oxygen atoms in total. The summed E-state index contributed by atoms with van der Waals surface area (Å²) in [6.07, 6.45) is 2.02. The first-order valence-electron chi connectivity index (χ1n) is 7.08. The van der Waals surface area contributed by atoms with Crippen LogP contribution in [0.1, 0.15) is 42.6 Å². The van der Waals surface area contributed by atoms with Crippen LogP contribution in [0.25, 0.3) is 0 Å². The number of carbonyl (C=O) groups is 2. The molecule has 2 amide bonds. The second-order valence-corrected chi connectivity index (χ2v) is 5.18. The molecule has 1 aromatic rings. The van der Waals surface area contributed by atoms with E-state index in [1.807, 2.05) is 25.1 Å². The topological polar surface area (TPSA) is 49.4 Å². The van der Waals surface area contributed by atoms with Gasteiger partial charge in [0.05, 0.1) is 0 Å². The van der Waals surface area contributed by atoms with E-state index < -0.39 is 6.04 Å². The molecular formula is C16H24N2O2. The van der Waals surface area contributed by atoms with E-state index in [2.05, 4.69) is 12.2 Å². The molecule has 20 heavy (non-hydrogen) atoms. The fourth-order valence-corrected chi connectivity index (χ4v) is 1.96. The van der Waals surface area contributed by atoms with Crippen LogP contribution in [0, 0.1) is 6.92 Å². The number of likely N-dealkylation sites (N-methyl/N-ethyl adjacent to an activating group) is 1. The molecule has 1 atom stereocenters. The van der Waals surface area contributed by atoms with Crippen molar-refractivity contribution in [3.05, 3.63) is 35.4 Å². The Labute approximate surface area is 121 Å². The Balaban J connectivity index is 2.59. The van der Waals surface area contributed by atoms with Crippen LogP contribution in [0.15, 0.2) is 24.3 Å². The lowest BCUT2D eigenvalue weighted by Gasteiger charge is -2.22. The lowest BCUT2D eigenvalue weighted by atomic mass is 10.1. The average molecular weight is 276 g/mol. The maximum absolute atomic E-state index is 12.1. The zero-order valence-electron chi connectivity index (χ0n) is 12.8. The van der Waals surface area contributed by atoms with Crippen LogP contribution in [0.2, 0.25) is 0 Å². The molecule has 0 aliphatic heterocycles. The molecule has 0 saturated carbocycles. The van der Waals surface area contributed by atoms with Gasteiger partial charge in [-0.3, -0.25) is 9.59 Å². The van der Waals surface area contributed by atoms with Crippen LogP contribution in [0.3, 0.4) is 0 Å². The second kappa shape index (κ2) is 7.68. The summed E-state index contributed by atoms with van der Waals surface area (Å²) >= 11 is 0. The zero-order valence-corrected chi connectivity index (χ0v) is 12.8. The molecule has 0 radical (unpaired) electrons. The fourth-order valence-electron chi connectivity index (χ4n) is 1.96. The van der Waals surface area contributed by atoms with Gasteiger partial charge in [-0.2, -0.15) is 0 Å². The van der Waals surface area contributed by atoms with E-state index in [1.165, 1.54) is 0 Å². The highest BCUT2D eigenvalue weighted by Crippen LogP contribution is 2.05. The van der Waals surface area contributed by atoms with Crippen LogP contribution < -0.4 is 5.32 Å². The number of nitrogens with zero attached hydrogens (tertiary/aromatic N) is 1. The van der Waals surface area contributed by atoms with E-state index >= 15 is 0 Å². The molecule has 1 N–H and O–H groups in total. The van der Waals surface area contributed by atoms with Gasteiger partial charge in [0.15, 0.2) is 0 Å². The van der Waals surface area contributed by atoms with Crippen LogP contribution in [0.4, 0.5) is 0 Å². The normalized spacial score (nSPS) is 11.8. The molecule has 0 bridgehead atoms. The lowest BCUT2D eigenvalue weighted by molar-refractivity contribution is -0.131. The summed E-state index contributed by atoms with van der Waals surface area (Å²) < 4.78 is 0. The van der Waals surface area contributed by atoms with E-state index in [0.717, 1.165) is 24.9 Å². The third-order valence-electron chi connectivity index (χ3n) is 3.22. The lowest BCUT2D eigenvalue weighted by Crippen LogP contribution is -2.45. The van der Waals surface area contributed by atoms with Crippen molar-refractivity contribution in [2.45, 2.75) is 39.7 Å². The highest BCUT2D eigenvalue weighted by Gasteiger charge is 2.19. The van der Waals surface area contributed by atoms with Gasteiger partial charge < -0.3 is 10.2 Å². The van der Waals surface area contributed by atoms with Crippen molar-refractivity contribution < 1.29 is 9.59 Å². The van der Waals surface area contributed by atoms with E-state index in [9.17, 15) is 9.59 Å². The van der Waals surface area contributed by atoms with Gasteiger partial charge in [-0.25, -0.2) is 0 Å². The Morgan fingerprint density at radius 2 is 2.05 bits per heavy atom. The van der Waals surface area contributed by atoms with Crippen LogP contribution in [0.5, 0.6) is 0 Å². The first-order valence-corrected chi connectivity index (χ1v) is 7.08. The van der Waals surface area contributed by atoms with Crippen molar-refractivity contribution in [3.63, 3.8) is 0 Å². The molecule has 0 aromatic heterocycles. The first kappa shape index (κ1) is 16.2. The van der Waals surface area contributed by atoms with Crippen LogP contribution in [-0.2, 0) is 4.79 Å². The molecule has 110 valence electrons. The van der Waals surface area contributed by atoms with Crippen molar-refractivity contribution in [2.75, 3.05) is 13.6 Å². The Bertz CT molecular complexity index is 471. The minimum atomic E-state index is -0.509. The van der Waals surface area contributed by atoms with Gasteiger partial charge in [0.1, 0.15) is 6.04 Å². The highest BCUT2D eigenvalue weighted by molar-refractivity contribution is 5.97. The Morgan fingerprint density at radius 1 is 1.35 bits per heavy atom. The van der Waals surface area contributed by atoms with Gasteiger partial charge in [-0.15, -0.1) is 0 Å². The summed E-state index contributed by atoms with van der Waals surface area (Å²) in [7, 11) is 1.77. The monoisotopic (exact) mass is 276 g/mol. The number of aryl methyl sites for hydroxylation is 1. The third-order valence-corrected chi connectivity index (χ3v) is 3.22. The van der Waals surface area contributed by atoms with Gasteiger partial charge in [0.2, 0.25) is 5.91 Å². The van der Waals surface area contributed by atoms with Gasteiger partial charge in [0.25, 0.3) is 5.91 Å². The minimum absolute atomic E-state index is 0.0561. The number of hydrogen-bond acceptors (Lipinski definition) is 2. The number of carbonyl (C=O) groups excluding carboxylic acids is 2. The summed E-state index contributed by atoms with van der Waals surface area (Å²) in [6.45, 7) is 6.46. The molecule has 1 unspecified atom stereocenters. The van der Waals surface area contributed by atoms with Crippen LogP contribution >= 0.6 is 0 Å². The van der Waals surface area contributed by atoms with E-state index in [4.69, 9.17) is 0 Å². The molecule has 0 aliphatic rings. The molecule has 0 saturated heterocycles.